The van der Waals surface area contributed by atoms with Crippen molar-refractivity contribution < 1.29 is 18.3 Å². The summed E-state index contributed by atoms with van der Waals surface area (Å²) in [6.07, 6.45) is 3.37. The molecule has 0 radical (unpaired) electrons. The molecule has 0 aliphatic carbocycles. The van der Waals surface area contributed by atoms with Crippen molar-refractivity contribution in [2.24, 2.45) is 5.92 Å². The highest BCUT2D eigenvalue weighted by Gasteiger charge is 2.41. The summed E-state index contributed by atoms with van der Waals surface area (Å²) < 4.78 is 38.0. The fraction of sp³-hybridized carbons (Fsp3) is 0.647. The van der Waals surface area contributed by atoms with Crippen molar-refractivity contribution in [3.05, 3.63) is 35.4 Å². The summed E-state index contributed by atoms with van der Waals surface area (Å²) in [5.41, 5.74) is 0.478. The van der Waals surface area contributed by atoms with Gasteiger partial charge in [-0.1, -0.05) is 19.4 Å². The Morgan fingerprint density at radius 1 is 1.29 bits per heavy atom. The Labute approximate surface area is 125 Å². The lowest BCUT2D eigenvalue weighted by atomic mass is 9.85. The van der Waals surface area contributed by atoms with Crippen LogP contribution in [0.3, 0.4) is 0 Å². The first kappa shape index (κ1) is 16.4. The van der Waals surface area contributed by atoms with E-state index in [1.807, 2.05) is 13.8 Å². The lowest BCUT2D eigenvalue weighted by molar-refractivity contribution is -0.161. The van der Waals surface area contributed by atoms with E-state index >= 15 is 0 Å². The van der Waals surface area contributed by atoms with Crippen LogP contribution in [-0.4, -0.2) is 18.5 Å². The van der Waals surface area contributed by atoms with Gasteiger partial charge in [-0.25, -0.2) is 8.78 Å². The molecule has 1 aliphatic heterocycles. The van der Waals surface area contributed by atoms with Crippen LogP contribution >= 0.6 is 0 Å². The van der Waals surface area contributed by atoms with Crippen molar-refractivity contribution in [2.45, 2.75) is 58.3 Å². The standard InChI is InChI=1S/C17H24F2O2/c1-4-5-8-20-16-11-13(17(2,3)21-16)9-12-6-7-14(18)15(19)10-12/h6-7,10,13,16H,4-5,8-9,11H2,1-3H3. The number of hydrogen-bond acceptors (Lipinski definition) is 2. The Hall–Kier alpha value is -1.00. The van der Waals surface area contributed by atoms with E-state index in [1.165, 1.54) is 12.1 Å². The summed E-state index contributed by atoms with van der Waals surface area (Å²) in [4.78, 5) is 0. The number of ether oxygens (including phenoxy) is 2. The highest BCUT2D eigenvalue weighted by molar-refractivity contribution is 5.19. The van der Waals surface area contributed by atoms with Crippen LogP contribution in [0.5, 0.6) is 0 Å². The zero-order valence-electron chi connectivity index (χ0n) is 13.0. The molecule has 0 amide bonds. The van der Waals surface area contributed by atoms with Gasteiger partial charge in [-0.15, -0.1) is 0 Å². The lowest BCUT2D eigenvalue weighted by Crippen LogP contribution is -2.29. The van der Waals surface area contributed by atoms with Gasteiger partial charge in [0.2, 0.25) is 0 Å². The molecule has 4 heteroatoms. The van der Waals surface area contributed by atoms with Crippen LogP contribution in [0.15, 0.2) is 18.2 Å². The van der Waals surface area contributed by atoms with Gasteiger partial charge in [0.05, 0.1) is 5.60 Å². The molecule has 118 valence electrons. The molecule has 2 rings (SSSR count). The molecule has 1 heterocycles. The van der Waals surface area contributed by atoms with Gasteiger partial charge < -0.3 is 9.47 Å². The minimum atomic E-state index is -0.804. The summed E-state index contributed by atoms with van der Waals surface area (Å²) in [7, 11) is 0. The van der Waals surface area contributed by atoms with Crippen LogP contribution in [0, 0.1) is 17.6 Å². The first-order chi connectivity index (χ1) is 9.92. The van der Waals surface area contributed by atoms with E-state index in [-0.39, 0.29) is 17.8 Å². The molecule has 1 aromatic carbocycles. The average molecular weight is 298 g/mol. The molecular formula is C17H24F2O2. The molecule has 21 heavy (non-hydrogen) atoms. The Kier molecular flexibility index (Phi) is 5.33. The van der Waals surface area contributed by atoms with Crippen molar-refractivity contribution in [3.63, 3.8) is 0 Å². The second-order valence-electron chi connectivity index (χ2n) is 6.26. The Balaban J connectivity index is 1.97. The normalized spacial score (nSPS) is 24.4. The van der Waals surface area contributed by atoms with Gasteiger partial charge in [0.15, 0.2) is 17.9 Å². The second-order valence-corrected chi connectivity index (χ2v) is 6.26. The van der Waals surface area contributed by atoms with E-state index in [0.717, 1.165) is 24.8 Å². The monoisotopic (exact) mass is 298 g/mol. The molecule has 1 aromatic rings. The molecule has 0 N–H and O–H groups in total. The van der Waals surface area contributed by atoms with E-state index in [2.05, 4.69) is 6.92 Å². The second kappa shape index (κ2) is 6.84. The zero-order valence-corrected chi connectivity index (χ0v) is 13.0. The van der Waals surface area contributed by atoms with Gasteiger partial charge in [-0.05, 0) is 50.3 Å². The topological polar surface area (TPSA) is 18.5 Å². The fourth-order valence-corrected chi connectivity index (χ4v) is 2.74. The molecule has 1 aliphatic rings. The quantitative estimate of drug-likeness (QED) is 0.722. The van der Waals surface area contributed by atoms with Gasteiger partial charge in [-0.2, -0.15) is 0 Å². The summed E-state index contributed by atoms with van der Waals surface area (Å²) in [5.74, 6) is -1.37. The van der Waals surface area contributed by atoms with Crippen LogP contribution in [0.25, 0.3) is 0 Å². The highest BCUT2D eigenvalue weighted by atomic mass is 19.2. The van der Waals surface area contributed by atoms with Crippen molar-refractivity contribution in [1.82, 2.24) is 0 Å². The first-order valence-electron chi connectivity index (χ1n) is 7.65. The van der Waals surface area contributed by atoms with Gasteiger partial charge in [0.25, 0.3) is 0 Å². The Bertz CT molecular complexity index is 474. The Morgan fingerprint density at radius 3 is 2.71 bits per heavy atom. The number of unbranched alkanes of at least 4 members (excludes halogenated alkanes) is 1. The third-order valence-corrected chi connectivity index (χ3v) is 4.16. The highest BCUT2D eigenvalue weighted by Crippen LogP contribution is 2.38. The summed E-state index contributed by atoms with van der Waals surface area (Å²) in [6, 6.07) is 4.10. The van der Waals surface area contributed by atoms with E-state index in [4.69, 9.17) is 9.47 Å². The zero-order chi connectivity index (χ0) is 15.5. The SMILES string of the molecule is CCCCOC1CC(Cc2ccc(F)c(F)c2)C(C)(C)O1. The van der Waals surface area contributed by atoms with Gasteiger partial charge in [0.1, 0.15) is 0 Å². The van der Waals surface area contributed by atoms with Crippen LogP contribution in [0.4, 0.5) is 8.78 Å². The molecule has 2 unspecified atom stereocenters. The molecule has 1 saturated heterocycles. The third-order valence-electron chi connectivity index (χ3n) is 4.16. The molecule has 2 atom stereocenters. The van der Waals surface area contributed by atoms with Crippen LogP contribution in [0.2, 0.25) is 0 Å². The van der Waals surface area contributed by atoms with E-state index < -0.39 is 11.6 Å². The smallest absolute Gasteiger partial charge is 0.159 e. The van der Waals surface area contributed by atoms with E-state index in [9.17, 15) is 8.78 Å². The van der Waals surface area contributed by atoms with Crippen molar-refractivity contribution >= 4 is 0 Å². The average Bonchev–Trinajstić information content (AvgIpc) is 2.69. The summed E-state index contributed by atoms with van der Waals surface area (Å²) >= 11 is 0. The number of hydrogen-bond donors (Lipinski definition) is 0. The first-order valence-corrected chi connectivity index (χ1v) is 7.65. The minimum Gasteiger partial charge on any atom is -0.353 e. The van der Waals surface area contributed by atoms with E-state index in [1.54, 1.807) is 6.07 Å². The molecule has 0 spiro atoms. The predicted octanol–water partition coefficient (Wildman–Crippen LogP) is 4.47. The van der Waals surface area contributed by atoms with Gasteiger partial charge >= 0.3 is 0 Å². The molecule has 1 fully saturated rings. The maximum atomic E-state index is 13.3. The predicted molar refractivity (Wildman–Crippen MR) is 78.0 cm³/mol. The van der Waals surface area contributed by atoms with Crippen molar-refractivity contribution in [2.75, 3.05) is 6.61 Å². The molecular weight excluding hydrogens is 274 g/mol. The summed E-state index contributed by atoms with van der Waals surface area (Å²) in [5, 5.41) is 0. The largest absolute Gasteiger partial charge is 0.353 e. The van der Waals surface area contributed by atoms with E-state index in [0.29, 0.717) is 13.0 Å². The minimum absolute atomic E-state index is 0.193. The van der Waals surface area contributed by atoms with Crippen molar-refractivity contribution in [1.29, 1.82) is 0 Å². The molecule has 0 bridgehead atoms. The van der Waals surface area contributed by atoms with Gasteiger partial charge in [-0.3, -0.25) is 0 Å². The fourth-order valence-electron chi connectivity index (χ4n) is 2.74. The number of rotatable bonds is 6. The summed E-state index contributed by atoms with van der Waals surface area (Å²) in [6.45, 7) is 6.88. The molecule has 2 nitrogen and oxygen atoms in total. The maximum Gasteiger partial charge on any atom is 0.159 e. The van der Waals surface area contributed by atoms with Crippen molar-refractivity contribution in [3.8, 4) is 0 Å². The Morgan fingerprint density at radius 2 is 2.05 bits per heavy atom. The maximum absolute atomic E-state index is 13.3. The van der Waals surface area contributed by atoms with Gasteiger partial charge in [0, 0.05) is 13.0 Å². The number of halogens is 2. The number of benzene rings is 1. The van der Waals surface area contributed by atoms with Crippen LogP contribution < -0.4 is 0 Å². The lowest BCUT2D eigenvalue weighted by Gasteiger charge is -2.25. The van der Waals surface area contributed by atoms with Crippen LogP contribution in [-0.2, 0) is 15.9 Å². The molecule has 0 saturated carbocycles. The van der Waals surface area contributed by atoms with Crippen LogP contribution in [0.1, 0.15) is 45.6 Å². The molecule has 0 aromatic heterocycles. The third kappa shape index (κ3) is 4.24.